The fourth-order valence-corrected chi connectivity index (χ4v) is 6.40. The number of rotatable bonds is 10. The summed E-state index contributed by atoms with van der Waals surface area (Å²) in [5, 5.41) is 32.8. The topological polar surface area (TPSA) is 67.2 Å². The molecule has 3 N–H and O–H groups in total. The van der Waals surface area contributed by atoms with Crippen LogP contribution in [0.2, 0.25) is 0 Å². The monoisotopic (exact) mass is 492 g/mol. The average Bonchev–Trinajstić information content (AvgIpc) is 3.20. The van der Waals surface area contributed by atoms with E-state index in [2.05, 4.69) is 9.80 Å². The quantitative estimate of drug-likeness (QED) is 0.417. The second kappa shape index (κ2) is 12.2. The van der Waals surface area contributed by atoms with E-state index < -0.39 is 18.3 Å². The summed E-state index contributed by atoms with van der Waals surface area (Å²) in [4.78, 5) is 5.03. The highest BCUT2D eigenvalue weighted by Gasteiger charge is 2.29. The lowest BCUT2D eigenvalue weighted by Crippen LogP contribution is -2.30. The molecule has 1 aliphatic carbocycles. The summed E-state index contributed by atoms with van der Waals surface area (Å²) in [6, 6.07) is 12.1. The van der Waals surface area contributed by atoms with Gasteiger partial charge in [0, 0.05) is 0 Å². The fourth-order valence-electron chi connectivity index (χ4n) is 6.40. The molecule has 0 aromatic heterocycles. The molecule has 2 saturated heterocycles. The van der Waals surface area contributed by atoms with Gasteiger partial charge in [-0.2, -0.15) is 0 Å². The Hall–Kier alpha value is -1.76. The smallest absolute Gasteiger partial charge is 0.105 e. The van der Waals surface area contributed by atoms with Crippen molar-refractivity contribution in [3.05, 3.63) is 58.7 Å². The molecule has 5 nitrogen and oxygen atoms in total. The maximum Gasteiger partial charge on any atom is 0.105 e. The Bertz CT molecular complexity index is 918. The van der Waals surface area contributed by atoms with Crippen molar-refractivity contribution in [3.8, 4) is 11.1 Å². The van der Waals surface area contributed by atoms with Crippen molar-refractivity contribution in [1.29, 1.82) is 0 Å². The van der Waals surface area contributed by atoms with Crippen LogP contribution in [0.1, 0.15) is 105 Å². The maximum atomic E-state index is 11.2. The van der Waals surface area contributed by atoms with Gasteiger partial charge in [-0.3, -0.25) is 0 Å². The SMILES string of the molecule is OC(CCCN1CCCCC1)c1ccc2c(c1)C(O)c1cc(C(O)CCCN3CCCCC3)ccc1-2. The number of hydrogen-bond donors (Lipinski definition) is 3. The van der Waals surface area contributed by atoms with Gasteiger partial charge in [-0.15, -0.1) is 0 Å². The van der Waals surface area contributed by atoms with Crippen molar-refractivity contribution < 1.29 is 15.3 Å². The first-order valence-electron chi connectivity index (χ1n) is 14.4. The number of hydrogen-bond acceptors (Lipinski definition) is 5. The van der Waals surface area contributed by atoms with Crippen molar-refractivity contribution >= 4 is 0 Å². The third-order valence-electron chi connectivity index (χ3n) is 8.60. The van der Waals surface area contributed by atoms with Crippen molar-refractivity contribution in [2.24, 2.45) is 0 Å². The highest BCUT2D eigenvalue weighted by Crippen LogP contribution is 2.45. The largest absolute Gasteiger partial charge is 0.388 e. The number of likely N-dealkylation sites (tertiary alicyclic amines) is 2. The molecule has 2 atom stereocenters. The zero-order chi connectivity index (χ0) is 24.9. The molecule has 3 aliphatic rings. The molecule has 36 heavy (non-hydrogen) atoms. The molecule has 0 radical (unpaired) electrons. The van der Waals surface area contributed by atoms with Gasteiger partial charge in [0.15, 0.2) is 0 Å². The number of benzene rings is 2. The molecular weight excluding hydrogens is 448 g/mol. The van der Waals surface area contributed by atoms with Crippen LogP contribution in [0.4, 0.5) is 0 Å². The van der Waals surface area contributed by atoms with Crippen molar-refractivity contribution in [2.45, 2.75) is 82.5 Å². The van der Waals surface area contributed by atoms with E-state index in [1.807, 2.05) is 36.4 Å². The van der Waals surface area contributed by atoms with E-state index in [9.17, 15) is 15.3 Å². The Morgan fingerprint density at radius 1 is 0.639 bits per heavy atom. The molecule has 5 heteroatoms. The van der Waals surface area contributed by atoms with Gasteiger partial charge in [0.1, 0.15) is 6.10 Å². The molecule has 196 valence electrons. The van der Waals surface area contributed by atoms with Gasteiger partial charge in [-0.25, -0.2) is 0 Å². The third kappa shape index (κ3) is 6.03. The first-order chi connectivity index (χ1) is 17.6. The summed E-state index contributed by atoms with van der Waals surface area (Å²) in [6.07, 6.45) is 9.60. The first kappa shape index (κ1) is 25.9. The molecule has 2 aromatic carbocycles. The summed E-state index contributed by atoms with van der Waals surface area (Å²) in [5.41, 5.74) is 5.58. The van der Waals surface area contributed by atoms with Crippen LogP contribution in [0.25, 0.3) is 11.1 Å². The number of fused-ring (bicyclic) bond motifs is 3. The van der Waals surface area contributed by atoms with Crippen LogP contribution in [0.3, 0.4) is 0 Å². The summed E-state index contributed by atoms with van der Waals surface area (Å²) >= 11 is 0. The number of piperidine rings is 2. The second-order valence-electron chi connectivity index (χ2n) is 11.2. The van der Waals surface area contributed by atoms with E-state index in [-0.39, 0.29) is 0 Å². The molecule has 2 aliphatic heterocycles. The van der Waals surface area contributed by atoms with E-state index in [1.54, 1.807) is 0 Å². The van der Waals surface area contributed by atoms with Crippen molar-refractivity contribution in [1.82, 2.24) is 9.80 Å². The first-order valence-corrected chi connectivity index (χ1v) is 14.4. The highest BCUT2D eigenvalue weighted by molar-refractivity contribution is 5.78. The Morgan fingerprint density at radius 3 is 1.47 bits per heavy atom. The Kier molecular flexibility index (Phi) is 8.76. The number of aliphatic hydroxyl groups excluding tert-OH is 3. The van der Waals surface area contributed by atoms with Crippen LogP contribution in [-0.2, 0) is 0 Å². The minimum absolute atomic E-state index is 0.506. The lowest BCUT2D eigenvalue weighted by molar-refractivity contribution is 0.150. The van der Waals surface area contributed by atoms with Crippen LogP contribution >= 0.6 is 0 Å². The molecule has 0 saturated carbocycles. The standard InChI is InChI=1S/C31H44N2O3/c34-29(9-7-19-32-15-3-1-4-16-32)23-11-13-25-26-14-12-24(22-28(26)31(36)27(25)21-23)30(35)10-8-20-33-17-5-2-6-18-33/h11-14,21-22,29-31,34-36H,1-10,15-20H2. The van der Waals surface area contributed by atoms with E-state index >= 15 is 0 Å². The lowest BCUT2D eigenvalue weighted by atomic mass is 9.97. The number of nitrogens with zero attached hydrogens (tertiary/aromatic N) is 2. The van der Waals surface area contributed by atoms with Gasteiger partial charge >= 0.3 is 0 Å². The van der Waals surface area contributed by atoms with Crippen LogP contribution in [0, 0.1) is 0 Å². The highest BCUT2D eigenvalue weighted by atomic mass is 16.3. The minimum atomic E-state index is -0.712. The van der Waals surface area contributed by atoms with Gasteiger partial charge in [0.25, 0.3) is 0 Å². The number of aliphatic hydroxyl groups is 3. The van der Waals surface area contributed by atoms with Gasteiger partial charge in [0.05, 0.1) is 12.2 Å². The predicted molar refractivity (Wildman–Crippen MR) is 145 cm³/mol. The Balaban J connectivity index is 1.18. The predicted octanol–water partition coefficient (Wildman–Crippen LogP) is 5.35. The van der Waals surface area contributed by atoms with Crippen molar-refractivity contribution in [2.75, 3.05) is 39.3 Å². The van der Waals surface area contributed by atoms with Crippen LogP contribution < -0.4 is 0 Å². The van der Waals surface area contributed by atoms with E-state index in [4.69, 9.17) is 0 Å². The van der Waals surface area contributed by atoms with Gasteiger partial charge in [-0.1, -0.05) is 37.1 Å². The zero-order valence-corrected chi connectivity index (χ0v) is 21.7. The maximum absolute atomic E-state index is 11.2. The lowest BCUT2D eigenvalue weighted by Gasteiger charge is -2.26. The molecule has 2 unspecified atom stereocenters. The molecule has 2 fully saturated rings. The Labute approximate surface area is 216 Å². The van der Waals surface area contributed by atoms with Gasteiger partial charge in [0.2, 0.25) is 0 Å². The zero-order valence-electron chi connectivity index (χ0n) is 21.7. The van der Waals surface area contributed by atoms with E-state index in [0.717, 1.165) is 72.2 Å². The minimum Gasteiger partial charge on any atom is -0.388 e. The van der Waals surface area contributed by atoms with Gasteiger partial charge in [-0.05, 0) is 136 Å². The molecule has 2 aromatic rings. The average molecular weight is 493 g/mol. The van der Waals surface area contributed by atoms with E-state index in [1.165, 1.54) is 64.7 Å². The molecule has 0 amide bonds. The molecule has 0 spiro atoms. The van der Waals surface area contributed by atoms with Crippen LogP contribution in [0.5, 0.6) is 0 Å². The second-order valence-corrected chi connectivity index (χ2v) is 11.2. The normalized spacial score (nSPS) is 22.2. The third-order valence-corrected chi connectivity index (χ3v) is 8.60. The molecule has 0 bridgehead atoms. The molecular formula is C31H44N2O3. The summed E-state index contributed by atoms with van der Waals surface area (Å²) in [6.45, 7) is 6.87. The van der Waals surface area contributed by atoms with Crippen molar-refractivity contribution in [3.63, 3.8) is 0 Å². The van der Waals surface area contributed by atoms with Crippen LogP contribution in [-0.4, -0.2) is 64.4 Å². The van der Waals surface area contributed by atoms with E-state index in [0.29, 0.717) is 0 Å². The molecule has 2 heterocycles. The Morgan fingerprint density at radius 2 is 1.06 bits per heavy atom. The van der Waals surface area contributed by atoms with Gasteiger partial charge < -0.3 is 25.1 Å². The van der Waals surface area contributed by atoms with Crippen LogP contribution in [0.15, 0.2) is 36.4 Å². The fraction of sp³-hybridized carbons (Fsp3) is 0.613. The summed E-state index contributed by atoms with van der Waals surface area (Å²) < 4.78 is 0. The summed E-state index contributed by atoms with van der Waals surface area (Å²) in [5.74, 6) is 0. The molecule has 5 rings (SSSR count). The summed E-state index contributed by atoms with van der Waals surface area (Å²) in [7, 11) is 0.